The van der Waals surface area contributed by atoms with Gasteiger partial charge in [-0.05, 0) is 17.0 Å². The Labute approximate surface area is 101 Å². The molecule has 1 rings (SSSR count). The first-order valence-corrected chi connectivity index (χ1v) is 5.85. The first-order chi connectivity index (χ1) is 8.11. The summed E-state index contributed by atoms with van der Waals surface area (Å²) in [4.78, 5) is 11.1. The van der Waals surface area contributed by atoms with Crippen molar-refractivity contribution in [1.82, 2.24) is 5.32 Å². The summed E-state index contributed by atoms with van der Waals surface area (Å²) < 4.78 is 28.1. The number of alkyl halides is 2. The van der Waals surface area contributed by atoms with Crippen LogP contribution in [0.25, 0.3) is 0 Å². The molecule has 0 bridgehead atoms. The Morgan fingerprint density at radius 3 is 3.00 bits per heavy atom. The zero-order chi connectivity index (χ0) is 12.7. The molecule has 4 nitrogen and oxygen atoms in total. The van der Waals surface area contributed by atoms with Gasteiger partial charge in [-0.15, -0.1) is 11.3 Å². The summed E-state index contributed by atoms with van der Waals surface area (Å²) in [5, 5.41) is 13.5. The lowest BCUT2D eigenvalue weighted by Gasteiger charge is -2.05. The van der Waals surface area contributed by atoms with Gasteiger partial charge in [0.1, 0.15) is 11.5 Å². The van der Waals surface area contributed by atoms with E-state index in [4.69, 9.17) is 5.11 Å². The predicted molar refractivity (Wildman–Crippen MR) is 59.8 cm³/mol. The molecule has 1 heterocycles. The number of aromatic carboxylic acids is 1. The third-order valence-electron chi connectivity index (χ3n) is 1.92. The molecule has 96 valence electrons. The molecular formula is C10H13F2NO3S. The molecule has 7 heteroatoms. The van der Waals surface area contributed by atoms with E-state index >= 15 is 0 Å². The average molecular weight is 265 g/mol. The number of rotatable bonds is 8. The second kappa shape index (κ2) is 7.31. The van der Waals surface area contributed by atoms with E-state index in [1.807, 2.05) is 0 Å². The fraction of sp³-hybridized carbons (Fsp3) is 0.500. The maximum Gasteiger partial charge on any atom is 0.346 e. The average Bonchev–Trinajstić information content (AvgIpc) is 2.71. The largest absolute Gasteiger partial charge is 0.477 e. The molecule has 0 radical (unpaired) electrons. The van der Waals surface area contributed by atoms with E-state index in [-0.39, 0.29) is 6.61 Å². The van der Waals surface area contributed by atoms with Crippen LogP contribution in [0.2, 0.25) is 0 Å². The summed E-state index contributed by atoms with van der Waals surface area (Å²) in [6.45, 7) is 0.405. The van der Waals surface area contributed by atoms with Crippen molar-refractivity contribution in [3.05, 3.63) is 21.9 Å². The van der Waals surface area contributed by atoms with Gasteiger partial charge in [-0.1, -0.05) is 0 Å². The van der Waals surface area contributed by atoms with Gasteiger partial charge >= 0.3 is 5.97 Å². The SMILES string of the molecule is O=C(O)c1sccc1CNCCOCC(F)F. The zero-order valence-electron chi connectivity index (χ0n) is 8.99. The summed E-state index contributed by atoms with van der Waals surface area (Å²) in [5.74, 6) is -0.953. The third-order valence-corrected chi connectivity index (χ3v) is 2.87. The molecule has 0 fully saturated rings. The van der Waals surface area contributed by atoms with E-state index in [1.54, 1.807) is 11.4 Å². The van der Waals surface area contributed by atoms with E-state index < -0.39 is 19.0 Å². The zero-order valence-corrected chi connectivity index (χ0v) is 9.80. The van der Waals surface area contributed by atoms with E-state index in [1.165, 1.54) is 0 Å². The molecule has 0 spiro atoms. The number of carboxylic acids is 1. The molecule has 0 aliphatic rings. The van der Waals surface area contributed by atoms with Crippen LogP contribution < -0.4 is 5.32 Å². The fourth-order valence-corrected chi connectivity index (χ4v) is 1.96. The van der Waals surface area contributed by atoms with Gasteiger partial charge in [0.15, 0.2) is 0 Å². The van der Waals surface area contributed by atoms with Crippen molar-refractivity contribution in [2.45, 2.75) is 13.0 Å². The Bertz CT molecular complexity index is 357. The highest BCUT2D eigenvalue weighted by Gasteiger charge is 2.10. The molecule has 0 amide bonds. The number of nitrogens with one attached hydrogen (secondary N) is 1. The minimum Gasteiger partial charge on any atom is -0.477 e. The predicted octanol–water partition coefficient (Wildman–Crippen LogP) is 1.82. The van der Waals surface area contributed by atoms with Crippen molar-refractivity contribution in [3.63, 3.8) is 0 Å². The monoisotopic (exact) mass is 265 g/mol. The molecule has 0 atom stereocenters. The molecule has 0 aliphatic carbocycles. The van der Waals surface area contributed by atoms with Gasteiger partial charge in [0.25, 0.3) is 6.43 Å². The lowest BCUT2D eigenvalue weighted by atomic mass is 10.2. The Balaban J connectivity index is 2.18. The molecule has 0 aliphatic heterocycles. The fourth-order valence-electron chi connectivity index (χ4n) is 1.20. The summed E-state index contributed by atoms with van der Waals surface area (Å²) >= 11 is 1.16. The number of hydrogen-bond acceptors (Lipinski definition) is 4. The van der Waals surface area contributed by atoms with Crippen LogP contribution >= 0.6 is 11.3 Å². The summed E-state index contributed by atoms with van der Waals surface area (Å²) in [7, 11) is 0. The number of carboxylic acid groups (broad SMARTS) is 1. The molecule has 1 aromatic rings. The van der Waals surface area contributed by atoms with E-state index in [0.29, 0.717) is 23.5 Å². The second-order valence-electron chi connectivity index (χ2n) is 3.22. The molecule has 2 N–H and O–H groups in total. The van der Waals surface area contributed by atoms with E-state index in [0.717, 1.165) is 11.3 Å². The molecule has 0 unspecified atom stereocenters. The highest BCUT2D eigenvalue weighted by Crippen LogP contribution is 2.16. The van der Waals surface area contributed by atoms with Crippen LogP contribution in [0.4, 0.5) is 8.78 Å². The van der Waals surface area contributed by atoms with Crippen LogP contribution in [0.5, 0.6) is 0 Å². The van der Waals surface area contributed by atoms with Crippen molar-refractivity contribution in [2.75, 3.05) is 19.8 Å². The minimum atomic E-state index is -2.45. The Hall–Kier alpha value is -1.05. The second-order valence-corrected chi connectivity index (χ2v) is 4.14. The number of thiophene rings is 1. The quantitative estimate of drug-likeness (QED) is 0.704. The van der Waals surface area contributed by atoms with Gasteiger partial charge < -0.3 is 15.2 Å². The van der Waals surface area contributed by atoms with Gasteiger partial charge in [-0.2, -0.15) is 0 Å². The molecule has 1 aromatic heterocycles. The number of ether oxygens (including phenoxy) is 1. The van der Waals surface area contributed by atoms with Gasteiger partial charge in [-0.25, -0.2) is 13.6 Å². The summed E-state index contributed by atoms with van der Waals surface area (Å²) in [6, 6.07) is 1.72. The maximum absolute atomic E-state index is 11.7. The topological polar surface area (TPSA) is 58.6 Å². The molecule has 0 saturated carbocycles. The van der Waals surface area contributed by atoms with Crippen LogP contribution in [-0.4, -0.2) is 37.3 Å². The van der Waals surface area contributed by atoms with Crippen molar-refractivity contribution >= 4 is 17.3 Å². The Kier molecular flexibility index (Phi) is 6.03. The third kappa shape index (κ3) is 5.20. The van der Waals surface area contributed by atoms with Crippen LogP contribution in [-0.2, 0) is 11.3 Å². The lowest BCUT2D eigenvalue weighted by molar-refractivity contribution is 0.0187. The van der Waals surface area contributed by atoms with Crippen molar-refractivity contribution in [2.24, 2.45) is 0 Å². The maximum atomic E-state index is 11.7. The van der Waals surface area contributed by atoms with Crippen molar-refractivity contribution in [1.29, 1.82) is 0 Å². The van der Waals surface area contributed by atoms with Crippen LogP contribution in [0.15, 0.2) is 11.4 Å². The van der Waals surface area contributed by atoms with Crippen LogP contribution in [0.1, 0.15) is 15.2 Å². The van der Waals surface area contributed by atoms with Crippen LogP contribution in [0, 0.1) is 0 Å². The Morgan fingerprint density at radius 2 is 2.35 bits per heavy atom. The summed E-state index contributed by atoms with van der Waals surface area (Å²) in [6.07, 6.45) is -2.45. The molecular weight excluding hydrogens is 252 g/mol. The van der Waals surface area contributed by atoms with Crippen LogP contribution in [0.3, 0.4) is 0 Å². The lowest BCUT2D eigenvalue weighted by Crippen LogP contribution is -2.21. The number of hydrogen-bond donors (Lipinski definition) is 2. The highest BCUT2D eigenvalue weighted by molar-refractivity contribution is 7.12. The highest BCUT2D eigenvalue weighted by atomic mass is 32.1. The molecule has 17 heavy (non-hydrogen) atoms. The van der Waals surface area contributed by atoms with E-state index in [2.05, 4.69) is 10.1 Å². The smallest absolute Gasteiger partial charge is 0.346 e. The standard InChI is InChI=1S/C10H13F2NO3S/c11-8(12)6-16-3-2-13-5-7-1-4-17-9(7)10(14)15/h1,4,8,13H,2-3,5-6H2,(H,14,15). The minimum absolute atomic E-state index is 0.177. The van der Waals surface area contributed by atoms with Gasteiger partial charge in [0.05, 0.1) is 6.61 Å². The normalized spacial score (nSPS) is 11.0. The van der Waals surface area contributed by atoms with E-state index in [9.17, 15) is 13.6 Å². The van der Waals surface area contributed by atoms with Gasteiger partial charge in [0, 0.05) is 13.1 Å². The molecule has 0 saturated heterocycles. The first-order valence-electron chi connectivity index (χ1n) is 4.97. The summed E-state index contributed by atoms with van der Waals surface area (Å²) in [5.41, 5.74) is 0.691. The van der Waals surface area contributed by atoms with Gasteiger partial charge in [0.2, 0.25) is 0 Å². The first kappa shape index (κ1) is 14.0. The number of carbonyl (C=O) groups is 1. The Morgan fingerprint density at radius 1 is 1.59 bits per heavy atom. The van der Waals surface area contributed by atoms with Gasteiger partial charge in [-0.3, -0.25) is 0 Å². The van der Waals surface area contributed by atoms with Crippen molar-refractivity contribution < 1.29 is 23.4 Å². The molecule has 0 aromatic carbocycles. The number of halogens is 2. The van der Waals surface area contributed by atoms with Crippen molar-refractivity contribution in [3.8, 4) is 0 Å².